The lowest BCUT2D eigenvalue weighted by molar-refractivity contribution is -0.134. The van der Waals surface area contributed by atoms with Crippen molar-refractivity contribution in [3.8, 4) is 0 Å². The number of halogens is 1. The van der Waals surface area contributed by atoms with Crippen LogP contribution < -0.4 is 0 Å². The molecular weight excluding hydrogens is 432 g/mol. The van der Waals surface area contributed by atoms with Gasteiger partial charge in [0.2, 0.25) is 5.91 Å². The van der Waals surface area contributed by atoms with Gasteiger partial charge in [-0.2, -0.15) is 0 Å². The molecule has 0 bridgehead atoms. The first-order valence-corrected chi connectivity index (χ1v) is 12.6. The van der Waals surface area contributed by atoms with Crippen molar-refractivity contribution < 1.29 is 13.2 Å². The van der Waals surface area contributed by atoms with Gasteiger partial charge in [-0.15, -0.1) is 0 Å². The number of hydrogen-bond acceptors (Lipinski definition) is 3. The molecule has 0 spiro atoms. The highest BCUT2D eigenvalue weighted by molar-refractivity contribution is 7.90. The SMILES string of the molecule is CC1CC(C)CN(C(=O)Cn2cc(S(=O)(=O)Cc3ccc(Cl)cc3)c3ccccc32)C1. The minimum absolute atomic E-state index is 0.0285. The zero-order valence-corrected chi connectivity index (χ0v) is 19.4. The van der Waals surface area contributed by atoms with E-state index in [9.17, 15) is 13.2 Å². The second-order valence-corrected chi connectivity index (χ2v) is 11.2. The van der Waals surface area contributed by atoms with Gasteiger partial charge in [0.25, 0.3) is 0 Å². The largest absolute Gasteiger partial charge is 0.341 e. The van der Waals surface area contributed by atoms with Gasteiger partial charge in [0.05, 0.1) is 10.6 Å². The molecule has 164 valence electrons. The van der Waals surface area contributed by atoms with E-state index in [4.69, 9.17) is 11.6 Å². The normalized spacial score (nSPS) is 19.6. The Morgan fingerprint density at radius 2 is 1.68 bits per heavy atom. The summed E-state index contributed by atoms with van der Waals surface area (Å²) in [7, 11) is -3.60. The number of carbonyl (C=O) groups is 1. The van der Waals surface area contributed by atoms with Crippen LogP contribution in [-0.2, 0) is 26.9 Å². The van der Waals surface area contributed by atoms with Crippen LogP contribution in [0.25, 0.3) is 10.9 Å². The summed E-state index contributed by atoms with van der Waals surface area (Å²) in [4.78, 5) is 15.2. The molecule has 1 aliphatic heterocycles. The maximum Gasteiger partial charge on any atom is 0.242 e. The summed E-state index contributed by atoms with van der Waals surface area (Å²) in [6, 6.07) is 14.2. The molecule has 1 saturated heterocycles. The molecule has 1 aliphatic rings. The maximum atomic E-state index is 13.2. The zero-order valence-electron chi connectivity index (χ0n) is 17.8. The molecule has 2 heterocycles. The van der Waals surface area contributed by atoms with Gasteiger partial charge in [-0.05, 0) is 42.0 Å². The Bertz CT molecular complexity index is 1190. The Morgan fingerprint density at radius 3 is 2.35 bits per heavy atom. The lowest BCUT2D eigenvalue weighted by Crippen LogP contribution is -2.43. The number of benzene rings is 2. The van der Waals surface area contributed by atoms with Crippen molar-refractivity contribution in [2.24, 2.45) is 11.8 Å². The molecule has 4 rings (SSSR count). The van der Waals surface area contributed by atoms with E-state index < -0.39 is 9.84 Å². The van der Waals surface area contributed by atoms with E-state index >= 15 is 0 Å². The lowest BCUT2D eigenvalue weighted by Gasteiger charge is -2.35. The summed E-state index contributed by atoms with van der Waals surface area (Å²) in [6.45, 7) is 5.98. The van der Waals surface area contributed by atoms with Gasteiger partial charge in [0.1, 0.15) is 6.54 Å². The third kappa shape index (κ3) is 4.80. The Morgan fingerprint density at radius 1 is 1.03 bits per heavy atom. The zero-order chi connectivity index (χ0) is 22.2. The maximum absolute atomic E-state index is 13.2. The predicted octanol–water partition coefficient (Wildman–Crippen LogP) is 4.77. The molecular formula is C24H27ClN2O3S. The molecule has 2 aromatic carbocycles. The fourth-order valence-electron chi connectivity index (χ4n) is 4.58. The summed E-state index contributed by atoms with van der Waals surface area (Å²) in [5.41, 5.74) is 1.43. The minimum Gasteiger partial charge on any atom is -0.341 e. The number of aromatic nitrogens is 1. The number of amides is 1. The Labute approximate surface area is 188 Å². The van der Waals surface area contributed by atoms with E-state index in [0.717, 1.165) is 25.0 Å². The summed E-state index contributed by atoms with van der Waals surface area (Å²) in [5.74, 6) is 0.863. The van der Waals surface area contributed by atoms with E-state index in [0.29, 0.717) is 27.8 Å². The van der Waals surface area contributed by atoms with Gasteiger partial charge in [-0.3, -0.25) is 4.79 Å². The second-order valence-electron chi connectivity index (χ2n) is 8.77. The van der Waals surface area contributed by atoms with Crippen LogP contribution in [0.2, 0.25) is 5.02 Å². The third-order valence-corrected chi connectivity index (χ3v) is 7.84. The first kappa shape index (κ1) is 21.9. The summed E-state index contributed by atoms with van der Waals surface area (Å²) in [6.07, 6.45) is 2.74. The molecule has 31 heavy (non-hydrogen) atoms. The molecule has 0 aliphatic carbocycles. The smallest absolute Gasteiger partial charge is 0.242 e. The summed E-state index contributed by atoms with van der Waals surface area (Å²) >= 11 is 5.92. The number of fused-ring (bicyclic) bond motifs is 1. The quantitative estimate of drug-likeness (QED) is 0.553. The average molecular weight is 459 g/mol. The van der Waals surface area contributed by atoms with Gasteiger partial charge < -0.3 is 9.47 Å². The van der Waals surface area contributed by atoms with Crippen LogP contribution in [0, 0.1) is 11.8 Å². The van der Waals surface area contributed by atoms with Crippen LogP contribution in [0.1, 0.15) is 25.8 Å². The van der Waals surface area contributed by atoms with Gasteiger partial charge in [0.15, 0.2) is 9.84 Å². The molecule has 0 saturated carbocycles. The molecule has 7 heteroatoms. The number of rotatable bonds is 5. The topological polar surface area (TPSA) is 59.4 Å². The van der Waals surface area contributed by atoms with Gasteiger partial charge in [0, 0.05) is 35.2 Å². The fourth-order valence-corrected chi connectivity index (χ4v) is 6.29. The lowest BCUT2D eigenvalue weighted by atomic mass is 9.92. The number of carbonyl (C=O) groups excluding carboxylic acids is 1. The van der Waals surface area contributed by atoms with Crippen molar-refractivity contribution in [3.63, 3.8) is 0 Å². The van der Waals surface area contributed by atoms with E-state index in [2.05, 4.69) is 13.8 Å². The molecule has 2 unspecified atom stereocenters. The van der Waals surface area contributed by atoms with E-state index in [1.165, 1.54) is 0 Å². The number of nitrogens with zero attached hydrogens (tertiary/aromatic N) is 2. The van der Waals surface area contributed by atoms with Crippen molar-refractivity contribution >= 4 is 38.2 Å². The van der Waals surface area contributed by atoms with Crippen molar-refractivity contribution in [3.05, 3.63) is 65.3 Å². The van der Waals surface area contributed by atoms with E-state index in [1.54, 1.807) is 41.1 Å². The van der Waals surface area contributed by atoms with Crippen molar-refractivity contribution in [2.45, 2.75) is 37.5 Å². The van der Waals surface area contributed by atoms with E-state index in [-0.39, 0.29) is 23.1 Å². The first-order valence-electron chi connectivity index (χ1n) is 10.6. The molecule has 0 N–H and O–H groups in total. The van der Waals surface area contributed by atoms with Crippen LogP contribution in [0.15, 0.2) is 59.6 Å². The average Bonchev–Trinajstić information content (AvgIpc) is 3.08. The number of sulfone groups is 1. The number of likely N-dealkylation sites (tertiary alicyclic amines) is 1. The number of para-hydroxylation sites is 1. The summed E-state index contributed by atoms with van der Waals surface area (Å²) < 4.78 is 28.3. The van der Waals surface area contributed by atoms with Gasteiger partial charge in [-0.1, -0.05) is 55.8 Å². The third-order valence-electron chi connectivity index (χ3n) is 5.88. The molecule has 1 fully saturated rings. The standard InChI is InChI=1S/C24H27ClN2O3S/c1-17-11-18(2)13-27(12-17)24(28)15-26-14-23(21-5-3-4-6-22(21)26)31(29,30)16-19-7-9-20(25)10-8-19/h3-10,14,17-18H,11-13,15-16H2,1-2H3. The highest BCUT2D eigenvalue weighted by atomic mass is 35.5. The monoisotopic (exact) mass is 458 g/mol. The Balaban J connectivity index is 1.64. The highest BCUT2D eigenvalue weighted by Gasteiger charge is 2.27. The Kier molecular flexibility index (Phi) is 6.13. The summed E-state index contributed by atoms with van der Waals surface area (Å²) in [5, 5.41) is 1.21. The molecule has 1 amide bonds. The van der Waals surface area contributed by atoms with Crippen LogP contribution in [0.4, 0.5) is 0 Å². The fraction of sp³-hybridized carbons (Fsp3) is 0.375. The molecule has 5 nitrogen and oxygen atoms in total. The molecule has 3 aromatic rings. The highest BCUT2D eigenvalue weighted by Crippen LogP contribution is 2.29. The van der Waals surface area contributed by atoms with Gasteiger partial charge in [-0.25, -0.2) is 8.42 Å². The van der Waals surface area contributed by atoms with Crippen molar-refractivity contribution in [1.82, 2.24) is 9.47 Å². The molecule has 2 atom stereocenters. The first-order chi connectivity index (χ1) is 14.7. The van der Waals surface area contributed by atoms with Crippen LogP contribution >= 0.6 is 11.6 Å². The minimum atomic E-state index is -3.60. The van der Waals surface area contributed by atoms with Gasteiger partial charge >= 0.3 is 0 Å². The van der Waals surface area contributed by atoms with Crippen LogP contribution in [0.5, 0.6) is 0 Å². The van der Waals surface area contributed by atoms with Crippen LogP contribution in [-0.4, -0.2) is 36.9 Å². The number of piperidine rings is 1. The Hall–Kier alpha value is -2.31. The van der Waals surface area contributed by atoms with Crippen molar-refractivity contribution in [2.75, 3.05) is 13.1 Å². The van der Waals surface area contributed by atoms with Crippen molar-refractivity contribution in [1.29, 1.82) is 0 Å². The van der Waals surface area contributed by atoms with E-state index in [1.807, 2.05) is 23.1 Å². The predicted molar refractivity (Wildman–Crippen MR) is 124 cm³/mol. The van der Waals surface area contributed by atoms with Crippen LogP contribution in [0.3, 0.4) is 0 Å². The second kappa shape index (κ2) is 8.67. The molecule has 1 aromatic heterocycles. The number of hydrogen-bond donors (Lipinski definition) is 0. The molecule has 0 radical (unpaired) electrons.